The first-order chi connectivity index (χ1) is 19.3. The Hall–Kier alpha value is -4.43. The summed E-state index contributed by atoms with van der Waals surface area (Å²) in [4.78, 5) is 80.8. The van der Waals surface area contributed by atoms with Gasteiger partial charge in [0, 0.05) is 23.8 Å². The number of thioether (sulfide) groups is 1. The molecular formula is C21H22N6O12S2. The molecule has 1 saturated heterocycles. The minimum absolute atomic E-state index is 0.0377. The first-order valence-corrected chi connectivity index (χ1v) is 13.4. The summed E-state index contributed by atoms with van der Waals surface area (Å²) in [5.41, 5.74) is 3.63. The number of nitro groups is 2. The van der Waals surface area contributed by atoms with Gasteiger partial charge in [0.15, 0.2) is 0 Å². The number of nitro benzene ring substituents is 2. The van der Waals surface area contributed by atoms with Crippen molar-refractivity contribution in [3.05, 3.63) is 49.7 Å². The van der Waals surface area contributed by atoms with E-state index in [0.29, 0.717) is 11.9 Å². The molecule has 1 unspecified atom stereocenters. The van der Waals surface area contributed by atoms with Gasteiger partial charge in [-0.25, -0.2) is 14.3 Å². The molecule has 1 aromatic rings. The molecular weight excluding hydrogens is 592 g/mol. The molecule has 2 aliphatic rings. The van der Waals surface area contributed by atoms with Gasteiger partial charge in [0.1, 0.15) is 34.7 Å². The molecule has 0 saturated carbocycles. The van der Waals surface area contributed by atoms with Crippen molar-refractivity contribution in [2.24, 2.45) is 5.73 Å². The number of carbonyl (C=O) groups is 5. The van der Waals surface area contributed by atoms with E-state index in [0.717, 1.165) is 34.9 Å². The van der Waals surface area contributed by atoms with Gasteiger partial charge >= 0.3 is 18.0 Å². The summed E-state index contributed by atoms with van der Waals surface area (Å²) in [7, 11) is 0. The molecule has 1 fully saturated rings. The number of ether oxygens (including phenoxy) is 1. The van der Waals surface area contributed by atoms with E-state index in [2.05, 4.69) is 14.8 Å². The number of carboxylic acid groups (broad SMARTS) is 2. The molecule has 41 heavy (non-hydrogen) atoms. The van der Waals surface area contributed by atoms with Crippen LogP contribution >= 0.6 is 23.7 Å². The summed E-state index contributed by atoms with van der Waals surface area (Å²) in [5.74, 6) is -3.90. The van der Waals surface area contributed by atoms with Gasteiger partial charge in [0.2, 0.25) is 5.91 Å². The number of carbonyl (C=O) groups excluding carboxylic acids is 3. The lowest BCUT2D eigenvalue weighted by Gasteiger charge is -2.49. The van der Waals surface area contributed by atoms with E-state index in [4.69, 9.17) is 5.73 Å². The number of carboxylic acids is 2. The average Bonchev–Trinajstić information content (AvgIpc) is 2.91. The third kappa shape index (κ3) is 7.41. The maximum absolute atomic E-state index is 12.6. The quantitative estimate of drug-likeness (QED) is 0.0828. The van der Waals surface area contributed by atoms with Crippen molar-refractivity contribution in [1.82, 2.24) is 14.9 Å². The van der Waals surface area contributed by atoms with Gasteiger partial charge in [0.25, 0.3) is 17.3 Å². The number of fused-ring (bicyclic) bond motifs is 1. The van der Waals surface area contributed by atoms with Crippen LogP contribution in [0, 0.1) is 20.2 Å². The molecule has 0 spiro atoms. The maximum atomic E-state index is 12.6. The fourth-order valence-corrected chi connectivity index (χ4v) is 6.07. The molecule has 3 rings (SSSR count). The number of hydrogen-bond acceptors (Lipinski definition) is 13. The Labute approximate surface area is 238 Å². The molecule has 3 atom stereocenters. The third-order valence-corrected chi connectivity index (χ3v) is 8.12. The minimum Gasteiger partial charge on any atom is -0.480 e. The van der Waals surface area contributed by atoms with Gasteiger partial charge in [-0.2, -0.15) is 0 Å². The number of nitrogens with zero attached hydrogens (tertiary/aromatic N) is 3. The zero-order valence-corrected chi connectivity index (χ0v) is 22.3. The molecule has 2 heterocycles. The Bertz CT molecular complexity index is 1340. The fraction of sp³-hybridized carbons (Fsp3) is 0.381. The SMILES string of the molecule is NC(=O)OCC1=C(C(=O)O)N2C(=O)[C@@H](NC(=O)CCCC(NSc3ccc([N+](=O)[O-])cc3[N+](=O)[O-])C(=O)O)[C@@H]2SC1. The van der Waals surface area contributed by atoms with Crippen LogP contribution in [0.2, 0.25) is 0 Å². The Kier molecular flexibility index (Phi) is 10.1. The molecule has 220 valence electrons. The van der Waals surface area contributed by atoms with Crippen LogP contribution in [0.15, 0.2) is 34.4 Å². The Morgan fingerprint density at radius 2 is 1.93 bits per heavy atom. The zero-order valence-electron chi connectivity index (χ0n) is 20.7. The molecule has 0 radical (unpaired) electrons. The van der Waals surface area contributed by atoms with Crippen LogP contribution in [0.4, 0.5) is 16.2 Å². The first-order valence-electron chi connectivity index (χ1n) is 11.5. The highest BCUT2D eigenvalue weighted by atomic mass is 32.2. The summed E-state index contributed by atoms with van der Waals surface area (Å²) in [6, 6.07) is 0.632. The van der Waals surface area contributed by atoms with Gasteiger partial charge in [0.05, 0.1) is 15.9 Å². The highest BCUT2D eigenvalue weighted by molar-refractivity contribution is 8.00. The number of β-lactam (4-membered cyclic amide) rings is 1. The lowest BCUT2D eigenvalue weighted by Crippen LogP contribution is -2.70. The molecule has 0 bridgehead atoms. The normalized spacial score (nSPS) is 18.5. The van der Waals surface area contributed by atoms with E-state index in [1.807, 2.05) is 0 Å². The lowest BCUT2D eigenvalue weighted by molar-refractivity contribution is -0.396. The van der Waals surface area contributed by atoms with Gasteiger partial charge in [-0.3, -0.25) is 39.5 Å². The monoisotopic (exact) mass is 614 g/mol. The number of amides is 3. The first kappa shape index (κ1) is 31.1. The van der Waals surface area contributed by atoms with Crippen LogP contribution in [0.3, 0.4) is 0 Å². The van der Waals surface area contributed by atoms with Crippen molar-refractivity contribution in [2.75, 3.05) is 12.4 Å². The van der Waals surface area contributed by atoms with Gasteiger partial charge in [-0.05, 0) is 30.9 Å². The van der Waals surface area contributed by atoms with Crippen molar-refractivity contribution in [3.63, 3.8) is 0 Å². The van der Waals surface area contributed by atoms with Crippen LogP contribution in [-0.2, 0) is 23.9 Å². The highest BCUT2D eigenvalue weighted by Gasteiger charge is 2.54. The number of non-ortho nitro benzene ring substituents is 1. The number of nitrogens with one attached hydrogen (secondary N) is 2. The van der Waals surface area contributed by atoms with Gasteiger partial charge < -0.3 is 26.0 Å². The maximum Gasteiger partial charge on any atom is 0.404 e. The van der Waals surface area contributed by atoms with Crippen molar-refractivity contribution in [2.45, 2.75) is 41.6 Å². The summed E-state index contributed by atoms with van der Waals surface area (Å²) < 4.78 is 7.19. The molecule has 1 aromatic carbocycles. The number of hydrogen-bond donors (Lipinski definition) is 5. The van der Waals surface area contributed by atoms with E-state index in [-0.39, 0.29) is 41.2 Å². The lowest BCUT2D eigenvalue weighted by atomic mass is 10.0. The van der Waals surface area contributed by atoms with Crippen LogP contribution in [0.5, 0.6) is 0 Å². The van der Waals surface area contributed by atoms with Crippen molar-refractivity contribution in [1.29, 1.82) is 0 Å². The predicted molar refractivity (Wildman–Crippen MR) is 139 cm³/mol. The fourth-order valence-electron chi connectivity index (χ4n) is 3.88. The van der Waals surface area contributed by atoms with E-state index < -0.39 is 75.1 Å². The third-order valence-electron chi connectivity index (χ3n) is 5.81. The molecule has 0 aromatic heterocycles. The van der Waals surface area contributed by atoms with Crippen LogP contribution in [0.1, 0.15) is 19.3 Å². The predicted octanol–water partition coefficient (Wildman–Crippen LogP) is 0.557. The topological polar surface area (TPSA) is 275 Å². The largest absolute Gasteiger partial charge is 0.480 e. The highest BCUT2D eigenvalue weighted by Crippen LogP contribution is 2.40. The van der Waals surface area contributed by atoms with Crippen LogP contribution in [-0.4, -0.2) is 84.6 Å². The summed E-state index contributed by atoms with van der Waals surface area (Å²) in [5, 5.41) is 43.0. The Morgan fingerprint density at radius 3 is 2.51 bits per heavy atom. The molecule has 2 aliphatic heterocycles. The minimum atomic E-state index is -1.42. The molecule has 6 N–H and O–H groups in total. The van der Waals surface area contributed by atoms with Gasteiger partial charge in [-0.1, -0.05) is 0 Å². The summed E-state index contributed by atoms with van der Waals surface area (Å²) in [6.45, 7) is -0.411. The number of primary amides is 1. The average molecular weight is 615 g/mol. The number of nitrogens with two attached hydrogens (primary N) is 1. The second-order valence-electron chi connectivity index (χ2n) is 8.49. The second kappa shape index (κ2) is 13.3. The van der Waals surface area contributed by atoms with E-state index in [1.165, 1.54) is 0 Å². The molecule has 0 aliphatic carbocycles. The van der Waals surface area contributed by atoms with Crippen molar-refractivity contribution >= 4 is 64.9 Å². The number of aliphatic carboxylic acids is 2. The Morgan fingerprint density at radius 1 is 1.22 bits per heavy atom. The van der Waals surface area contributed by atoms with E-state index in [1.54, 1.807) is 0 Å². The van der Waals surface area contributed by atoms with Crippen LogP contribution < -0.4 is 15.8 Å². The molecule has 20 heteroatoms. The van der Waals surface area contributed by atoms with E-state index in [9.17, 15) is 54.4 Å². The van der Waals surface area contributed by atoms with Crippen molar-refractivity contribution < 1.29 is 48.8 Å². The summed E-state index contributed by atoms with van der Waals surface area (Å²) >= 11 is 1.75. The van der Waals surface area contributed by atoms with Crippen LogP contribution in [0.25, 0.3) is 0 Å². The van der Waals surface area contributed by atoms with E-state index >= 15 is 0 Å². The number of benzene rings is 1. The Balaban J connectivity index is 1.53. The number of rotatable bonds is 14. The standard InChI is InChI=1S/C21H22N6O12S2/c22-21(34)39-7-9-8-40-18-15(17(29)25(18)16(9)20(32)33)23-14(28)3-1-2-11(19(30)31)24-41-13-5-4-10(26(35)36)6-12(13)27(37)38/h4-6,11,15,18,24H,1-3,7-8H2,(H2,22,34)(H,23,28)(H,30,31)(H,32,33)/t11?,15-,18+/m1/s1. The second-order valence-corrected chi connectivity index (χ2v) is 10.5. The van der Waals surface area contributed by atoms with Gasteiger partial charge in [-0.15, -0.1) is 11.8 Å². The molecule has 3 amide bonds. The molecule has 18 nitrogen and oxygen atoms in total. The summed E-state index contributed by atoms with van der Waals surface area (Å²) in [6.07, 6.45) is -1.35. The smallest absolute Gasteiger partial charge is 0.404 e. The van der Waals surface area contributed by atoms with Crippen molar-refractivity contribution in [3.8, 4) is 0 Å². The zero-order chi connectivity index (χ0) is 30.4.